The molecule has 102 valence electrons. The third-order valence-corrected chi connectivity index (χ3v) is 4.99. The van der Waals surface area contributed by atoms with Crippen molar-refractivity contribution in [3.63, 3.8) is 0 Å². The molecule has 0 saturated heterocycles. The van der Waals surface area contributed by atoms with Crippen LogP contribution in [0.15, 0.2) is 0 Å². The summed E-state index contributed by atoms with van der Waals surface area (Å²) in [7, 11) is 0. The van der Waals surface area contributed by atoms with E-state index in [1.54, 1.807) is 0 Å². The molecule has 1 fully saturated rings. The summed E-state index contributed by atoms with van der Waals surface area (Å²) in [6.45, 7) is 6.89. The van der Waals surface area contributed by atoms with Gasteiger partial charge in [-0.25, -0.2) is 0 Å². The highest BCUT2D eigenvalue weighted by molar-refractivity contribution is 4.83. The molecular formula is C16H33N. The minimum absolute atomic E-state index is 0.470. The van der Waals surface area contributed by atoms with Crippen molar-refractivity contribution in [3.05, 3.63) is 0 Å². The van der Waals surface area contributed by atoms with Crippen LogP contribution in [0, 0.1) is 17.8 Å². The second-order valence-electron chi connectivity index (χ2n) is 6.08. The first kappa shape index (κ1) is 15.0. The summed E-state index contributed by atoms with van der Waals surface area (Å²) in [5.41, 5.74) is 6.46. The Morgan fingerprint density at radius 1 is 1.00 bits per heavy atom. The van der Waals surface area contributed by atoms with Gasteiger partial charge in [-0.2, -0.15) is 0 Å². The predicted molar refractivity (Wildman–Crippen MR) is 77.0 cm³/mol. The zero-order valence-electron chi connectivity index (χ0n) is 12.3. The third-order valence-electron chi connectivity index (χ3n) is 4.99. The van der Waals surface area contributed by atoms with Crippen molar-refractivity contribution in [2.45, 2.75) is 84.6 Å². The Kier molecular flexibility index (Phi) is 7.18. The molecule has 1 heteroatoms. The van der Waals surface area contributed by atoms with Gasteiger partial charge in [-0.1, -0.05) is 65.7 Å². The summed E-state index contributed by atoms with van der Waals surface area (Å²) >= 11 is 0. The standard InChI is InChI=1S/C16H33N/c1-4-7-8-13-9-11-15(12-10-13)16(17)14(5-2)6-3/h13-16H,4-12,17H2,1-3H3. The van der Waals surface area contributed by atoms with Crippen molar-refractivity contribution in [3.8, 4) is 0 Å². The molecule has 0 amide bonds. The number of nitrogens with two attached hydrogens (primary N) is 1. The van der Waals surface area contributed by atoms with Gasteiger partial charge in [-0.15, -0.1) is 0 Å². The normalized spacial score (nSPS) is 27.4. The molecule has 1 nitrogen and oxygen atoms in total. The number of rotatable bonds is 7. The van der Waals surface area contributed by atoms with Gasteiger partial charge in [0.05, 0.1) is 0 Å². The van der Waals surface area contributed by atoms with Crippen molar-refractivity contribution in [2.75, 3.05) is 0 Å². The van der Waals surface area contributed by atoms with Crippen molar-refractivity contribution in [1.82, 2.24) is 0 Å². The van der Waals surface area contributed by atoms with Crippen LogP contribution >= 0.6 is 0 Å². The molecule has 1 atom stereocenters. The van der Waals surface area contributed by atoms with Crippen LogP contribution in [0.3, 0.4) is 0 Å². The summed E-state index contributed by atoms with van der Waals surface area (Å²) in [4.78, 5) is 0. The van der Waals surface area contributed by atoms with E-state index in [2.05, 4.69) is 20.8 Å². The van der Waals surface area contributed by atoms with Gasteiger partial charge < -0.3 is 5.73 Å². The van der Waals surface area contributed by atoms with E-state index in [-0.39, 0.29) is 0 Å². The Morgan fingerprint density at radius 3 is 2.06 bits per heavy atom. The maximum atomic E-state index is 6.46. The summed E-state index contributed by atoms with van der Waals surface area (Å²) < 4.78 is 0. The van der Waals surface area contributed by atoms with E-state index in [4.69, 9.17) is 5.73 Å². The fraction of sp³-hybridized carbons (Fsp3) is 1.00. The highest BCUT2D eigenvalue weighted by Crippen LogP contribution is 2.35. The molecule has 2 N–H and O–H groups in total. The molecule has 1 aliphatic carbocycles. The number of hydrogen-bond donors (Lipinski definition) is 1. The Bertz CT molecular complexity index is 178. The summed E-state index contributed by atoms with van der Waals surface area (Å²) in [6.07, 6.45) is 12.4. The lowest BCUT2D eigenvalue weighted by molar-refractivity contribution is 0.192. The van der Waals surface area contributed by atoms with E-state index >= 15 is 0 Å². The summed E-state index contributed by atoms with van der Waals surface area (Å²) in [5.74, 6) is 2.59. The highest BCUT2D eigenvalue weighted by Gasteiger charge is 2.28. The van der Waals surface area contributed by atoms with Crippen LogP contribution in [0.4, 0.5) is 0 Å². The summed E-state index contributed by atoms with van der Waals surface area (Å²) in [6, 6.07) is 0.470. The second kappa shape index (κ2) is 8.13. The van der Waals surface area contributed by atoms with Gasteiger partial charge in [0.1, 0.15) is 0 Å². The average molecular weight is 239 g/mol. The molecule has 0 aromatic heterocycles. The van der Waals surface area contributed by atoms with Crippen molar-refractivity contribution >= 4 is 0 Å². The first-order chi connectivity index (χ1) is 8.22. The van der Waals surface area contributed by atoms with Gasteiger partial charge >= 0.3 is 0 Å². The van der Waals surface area contributed by atoms with Gasteiger partial charge in [0, 0.05) is 6.04 Å². The molecule has 0 bridgehead atoms. The average Bonchev–Trinajstić information content (AvgIpc) is 2.38. The van der Waals surface area contributed by atoms with Crippen LogP contribution < -0.4 is 5.73 Å². The number of hydrogen-bond acceptors (Lipinski definition) is 1. The van der Waals surface area contributed by atoms with E-state index in [1.807, 2.05) is 0 Å². The maximum absolute atomic E-state index is 6.46. The summed E-state index contributed by atoms with van der Waals surface area (Å²) in [5, 5.41) is 0. The van der Waals surface area contributed by atoms with Crippen molar-refractivity contribution in [1.29, 1.82) is 0 Å². The first-order valence-electron chi connectivity index (χ1n) is 7.98. The molecule has 0 radical (unpaired) electrons. The van der Waals surface area contributed by atoms with Crippen molar-refractivity contribution < 1.29 is 0 Å². The zero-order valence-corrected chi connectivity index (χ0v) is 12.3. The lowest BCUT2D eigenvalue weighted by Crippen LogP contribution is -2.39. The smallest absolute Gasteiger partial charge is 0.00954 e. The lowest BCUT2D eigenvalue weighted by atomic mass is 9.73. The van der Waals surface area contributed by atoms with Crippen LogP contribution in [0.1, 0.15) is 78.6 Å². The van der Waals surface area contributed by atoms with Gasteiger partial charge in [-0.3, -0.25) is 0 Å². The van der Waals surface area contributed by atoms with Crippen molar-refractivity contribution in [2.24, 2.45) is 23.5 Å². The Morgan fingerprint density at radius 2 is 1.59 bits per heavy atom. The molecule has 0 heterocycles. The monoisotopic (exact) mass is 239 g/mol. The Balaban J connectivity index is 2.30. The fourth-order valence-electron chi connectivity index (χ4n) is 3.57. The van der Waals surface area contributed by atoms with Crippen LogP contribution in [-0.2, 0) is 0 Å². The van der Waals surface area contributed by atoms with E-state index < -0.39 is 0 Å². The molecular weight excluding hydrogens is 206 g/mol. The number of unbranched alkanes of at least 4 members (excludes halogenated alkanes) is 1. The molecule has 1 saturated carbocycles. The van der Waals surface area contributed by atoms with Crippen LogP contribution in [0.5, 0.6) is 0 Å². The van der Waals surface area contributed by atoms with Crippen LogP contribution in [0.25, 0.3) is 0 Å². The van der Waals surface area contributed by atoms with Gasteiger partial charge in [0.25, 0.3) is 0 Å². The fourth-order valence-corrected chi connectivity index (χ4v) is 3.57. The van der Waals surface area contributed by atoms with E-state index in [9.17, 15) is 0 Å². The molecule has 0 spiro atoms. The molecule has 0 aromatic carbocycles. The molecule has 1 aliphatic rings. The first-order valence-corrected chi connectivity index (χ1v) is 7.98. The molecule has 0 aromatic rings. The minimum atomic E-state index is 0.470. The largest absolute Gasteiger partial charge is 0.327 e. The maximum Gasteiger partial charge on any atom is 0.00954 e. The van der Waals surface area contributed by atoms with Gasteiger partial charge in [-0.05, 0) is 30.6 Å². The van der Waals surface area contributed by atoms with Gasteiger partial charge in [0.2, 0.25) is 0 Å². The van der Waals surface area contributed by atoms with E-state index in [0.29, 0.717) is 6.04 Å². The lowest BCUT2D eigenvalue weighted by Gasteiger charge is -2.35. The molecule has 1 unspecified atom stereocenters. The van der Waals surface area contributed by atoms with Gasteiger partial charge in [0.15, 0.2) is 0 Å². The molecule has 17 heavy (non-hydrogen) atoms. The molecule has 1 rings (SSSR count). The van der Waals surface area contributed by atoms with Crippen LogP contribution in [-0.4, -0.2) is 6.04 Å². The Labute approximate surface area is 109 Å². The van der Waals surface area contributed by atoms with E-state index in [0.717, 1.165) is 17.8 Å². The van der Waals surface area contributed by atoms with Crippen LogP contribution in [0.2, 0.25) is 0 Å². The third kappa shape index (κ3) is 4.62. The zero-order chi connectivity index (χ0) is 12.7. The highest BCUT2D eigenvalue weighted by atomic mass is 14.7. The van der Waals surface area contributed by atoms with E-state index in [1.165, 1.54) is 57.8 Å². The SMILES string of the molecule is CCCCC1CCC(C(N)C(CC)CC)CC1. The topological polar surface area (TPSA) is 26.0 Å². The quantitative estimate of drug-likeness (QED) is 0.682. The Hall–Kier alpha value is -0.0400. The second-order valence-corrected chi connectivity index (χ2v) is 6.08. The molecule has 0 aliphatic heterocycles. The minimum Gasteiger partial charge on any atom is -0.327 e. The predicted octanol–water partition coefficient (Wildman–Crippen LogP) is 4.75.